The zero-order valence-electron chi connectivity index (χ0n) is 18.9. The minimum atomic E-state index is -1.26. The SMILES string of the molecule is CC(C)=CCC/C(C)=C/CC/C(C)=C/CC1(C)C(=O)C(C)=C([O-])C(C(=O)O)=C1C. The maximum atomic E-state index is 12.8. The van der Waals surface area contributed by atoms with Gasteiger partial charge in [0.15, 0.2) is 5.78 Å². The molecule has 1 rings (SSSR count). The van der Waals surface area contributed by atoms with Crippen LogP contribution in [0.5, 0.6) is 0 Å². The Bertz CT molecular complexity index is 814. The van der Waals surface area contributed by atoms with Crippen molar-refractivity contribution in [2.75, 3.05) is 0 Å². The van der Waals surface area contributed by atoms with Crippen molar-refractivity contribution in [2.45, 2.75) is 80.6 Å². The van der Waals surface area contributed by atoms with Crippen LogP contribution in [0.15, 0.2) is 57.4 Å². The molecule has 1 aliphatic rings. The van der Waals surface area contributed by atoms with E-state index in [0.717, 1.165) is 31.3 Å². The first-order valence-corrected chi connectivity index (χ1v) is 10.2. The number of ketones is 1. The van der Waals surface area contributed by atoms with Crippen LogP contribution in [0.2, 0.25) is 0 Å². The second-order valence-corrected chi connectivity index (χ2v) is 8.58. The molecule has 0 amide bonds. The van der Waals surface area contributed by atoms with Gasteiger partial charge in [-0.3, -0.25) is 4.79 Å². The van der Waals surface area contributed by atoms with E-state index in [0.29, 0.717) is 12.0 Å². The summed E-state index contributed by atoms with van der Waals surface area (Å²) in [5.74, 6) is -2.20. The number of carbonyl (C=O) groups is 2. The van der Waals surface area contributed by atoms with E-state index >= 15 is 0 Å². The van der Waals surface area contributed by atoms with Gasteiger partial charge in [0.25, 0.3) is 0 Å². The Hall–Kier alpha value is -2.36. The second-order valence-electron chi connectivity index (χ2n) is 8.58. The van der Waals surface area contributed by atoms with Crippen molar-refractivity contribution in [3.63, 3.8) is 0 Å². The summed E-state index contributed by atoms with van der Waals surface area (Å²) >= 11 is 0. The number of rotatable bonds is 9. The molecule has 1 unspecified atom stereocenters. The van der Waals surface area contributed by atoms with Crippen LogP contribution >= 0.6 is 0 Å². The Balaban J connectivity index is 2.84. The molecule has 4 heteroatoms. The molecule has 0 aromatic heterocycles. The lowest BCUT2D eigenvalue weighted by Gasteiger charge is -2.37. The fourth-order valence-corrected chi connectivity index (χ4v) is 3.54. The minimum Gasteiger partial charge on any atom is -0.872 e. The van der Waals surface area contributed by atoms with Gasteiger partial charge in [-0.05, 0) is 91.7 Å². The third kappa shape index (κ3) is 6.31. The van der Waals surface area contributed by atoms with Crippen molar-refractivity contribution in [3.05, 3.63) is 57.4 Å². The Morgan fingerprint density at radius 2 is 1.52 bits per heavy atom. The smallest absolute Gasteiger partial charge is 0.335 e. The molecule has 0 spiro atoms. The van der Waals surface area contributed by atoms with Gasteiger partial charge in [0.2, 0.25) is 0 Å². The maximum absolute atomic E-state index is 12.8. The molecule has 0 radical (unpaired) electrons. The topological polar surface area (TPSA) is 77.4 Å². The Labute approximate surface area is 175 Å². The molecule has 0 heterocycles. The molecule has 160 valence electrons. The Morgan fingerprint density at radius 1 is 1.00 bits per heavy atom. The number of carboxylic acid groups (broad SMARTS) is 1. The third-order valence-corrected chi connectivity index (χ3v) is 5.81. The van der Waals surface area contributed by atoms with Crippen LogP contribution in [0.4, 0.5) is 0 Å². The van der Waals surface area contributed by atoms with Gasteiger partial charge in [-0.1, -0.05) is 40.7 Å². The van der Waals surface area contributed by atoms with E-state index in [-0.39, 0.29) is 16.9 Å². The molecule has 0 aliphatic heterocycles. The average Bonchev–Trinajstić information content (AvgIpc) is 2.63. The number of carbonyl (C=O) groups excluding carboxylic acids is 1. The lowest BCUT2D eigenvalue weighted by molar-refractivity contribution is -0.299. The second kappa shape index (κ2) is 10.4. The molecular formula is C25H35O4-. The standard InChI is InChI=1S/C25H36O4/c1-16(2)10-8-11-17(3)12-9-13-18(4)14-15-25(7)20(6)21(24(28)29)22(26)19(5)23(25)27/h10,12,14,26H,8-9,11,13,15H2,1-7H3,(H,28,29)/p-1/b17-12+,18-14+. The van der Waals surface area contributed by atoms with Crippen LogP contribution in [0.3, 0.4) is 0 Å². The number of hydrogen-bond acceptors (Lipinski definition) is 3. The average molecular weight is 400 g/mol. The molecule has 0 saturated carbocycles. The van der Waals surface area contributed by atoms with Gasteiger partial charge in [-0.2, -0.15) is 0 Å². The first-order valence-electron chi connectivity index (χ1n) is 10.2. The molecule has 0 saturated heterocycles. The highest BCUT2D eigenvalue weighted by molar-refractivity contribution is 6.08. The first kappa shape index (κ1) is 24.7. The molecule has 0 bridgehead atoms. The number of allylic oxidation sites excluding steroid dienone is 8. The third-order valence-electron chi connectivity index (χ3n) is 5.81. The van der Waals surface area contributed by atoms with Crippen molar-refractivity contribution in [1.82, 2.24) is 0 Å². The number of hydrogen-bond donors (Lipinski definition) is 1. The molecule has 0 aromatic carbocycles. The van der Waals surface area contributed by atoms with Gasteiger partial charge in [0.1, 0.15) is 0 Å². The van der Waals surface area contributed by atoms with Gasteiger partial charge in [-0.15, -0.1) is 0 Å². The molecule has 0 aromatic rings. The summed E-state index contributed by atoms with van der Waals surface area (Å²) in [6.07, 6.45) is 10.9. The predicted molar refractivity (Wildman–Crippen MR) is 116 cm³/mol. The molecular weight excluding hydrogens is 364 g/mol. The van der Waals surface area contributed by atoms with E-state index in [4.69, 9.17) is 0 Å². The van der Waals surface area contributed by atoms with Gasteiger partial charge in [0, 0.05) is 0 Å². The largest absolute Gasteiger partial charge is 0.872 e. The van der Waals surface area contributed by atoms with Crippen molar-refractivity contribution in [3.8, 4) is 0 Å². The lowest BCUT2D eigenvalue weighted by atomic mass is 9.68. The molecule has 1 aliphatic carbocycles. The summed E-state index contributed by atoms with van der Waals surface area (Å²) in [6, 6.07) is 0. The van der Waals surface area contributed by atoms with Crippen LogP contribution in [-0.2, 0) is 9.59 Å². The fourth-order valence-electron chi connectivity index (χ4n) is 3.54. The highest BCUT2D eigenvalue weighted by atomic mass is 16.4. The van der Waals surface area contributed by atoms with Crippen LogP contribution < -0.4 is 5.11 Å². The van der Waals surface area contributed by atoms with E-state index in [1.54, 1.807) is 13.8 Å². The van der Waals surface area contributed by atoms with Gasteiger partial charge < -0.3 is 10.2 Å². The van der Waals surface area contributed by atoms with E-state index in [1.807, 2.05) is 13.0 Å². The van der Waals surface area contributed by atoms with E-state index in [2.05, 4.69) is 32.9 Å². The van der Waals surface area contributed by atoms with E-state index in [9.17, 15) is 19.8 Å². The fraction of sp³-hybridized carbons (Fsp3) is 0.520. The van der Waals surface area contributed by atoms with Crippen LogP contribution in [0.1, 0.15) is 80.6 Å². The van der Waals surface area contributed by atoms with E-state index in [1.165, 1.54) is 18.1 Å². The Kier molecular flexibility index (Phi) is 8.87. The summed E-state index contributed by atoms with van der Waals surface area (Å²) in [4.78, 5) is 24.3. The molecule has 4 nitrogen and oxygen atoms in total. The number of aliphatic carboxylic acids is 1. The van der Waals surface area contributed by atoms with Crippen LogP contribution in [0, 0.1) is 5.41 Å². The number of Topliss-reactive ketones (excluding diaryl/α,β-unsaturated/α-hetero) is 1. The van der Waals surface area contributed by atoms with Gasteiger partial charge in [0.05, 0.1) is 11.0 Å². The van der Waals surface area contributed by atoms with E-state index < -0.39 is 17.1 Å². The highest BCUT2D eigenvalue weighted by Crippen LogP contribution is 2.42. The summed E-state index contributed by atoms with van der Waals surface area (Å²) in [6.45, 7) is 13.1. The molecule has 0 fully saturated rings. The minimum absolute atomic E-state index is 0.0106. The van der Waals surface area contributed by atoms with Crippen LogP contribution in [0.25, 0.3) is 0 Å². The molecule has 1 N–H and O–H groups in total. The quantitative estimate of drug-likeness (QED) is 0.525. The monoisotopic (exact) mass is 399 g/mol. The van der Waals surface area contributed by atoms with Crippen molar-refractivity contribution in [2.24, 2.45) is 5.41 Å². The summed E-state index contributed by atoms with van der Waals surface area (Å²) in [7, 11) is 0. The van der Waals surface area contributed by atoms with Gasteiger partial charge in [-0.25, -0.2) is 4.79 Å². The molecule has 1 atom stereocenters. The van der Waals surface area contributed by atoms with Crippen LogP contribution in [-0.4, -0.2) is 16.9 Å². The molecule has 29 heavy (non-hydrogen) atoms. The van der Waals surface area contributed by atoms with Crippen molar-refractivity contribution >= 4 is 11.8 Å². The summed E-state index contributed by atoms with van der Waals surface area (Å²) in [5, 5.41) is 21.6. The lowest BCUT2D eigenvalue weighted by Crippen LogP contribution is -2.38. The first-order chi connectivity index (χ1) is 13.4. The zero-order valence-corrected chi connectivity index (χ0v) is 18.9. The highest BCUT2D eigenvalue weighted by Gasteiger charge is 2.40. The maximum Gasteiger partial charge on any atom is 0.335 e. The number of carboxylic acids is 1. The van der Waals surface area contributed by atoms with Gasteiger partial charge >= 0.3 is 5.97 Å². The normalized spacial score (nSPS) is 21.0. The Morgan fingerprint density at radius 3 is 2.03 bits per heavy atom. The zero-order chi connectivity index (χ0) is 22.4. The van der Waals surface area contributed by atoms with Crippen molar-refractivity contribution < 1.29 is 19.8 Å². The summed E-state index contributed by atoms with van der Waals surface area (Å²) < 4.78 is 0. The summed E-state index contributed by atoms with van der Waals surface area (Å²) in [5.41, 5.74) is 2.99. The van der Waals surface area contributed by atoms with Crippen molar-refractivity contribution in [1.29, 1.82) is 0 Å². The predicted octanol–water partition coefficient (Wildman–Crippen LogP) is 5.42.